The van der Waals surface area contributed by atoms with E-state index in [9.17, 15) is 9.59 Å². The van der Waals surface area contributed by atoms with Crippen LogP contribution in [0.25, 0.3) is 0 Å². The second kappa shape index (κ2) is 6.59. The number of amides is 2. The van der Waals surface area contributed by atoms with Crippen LogP contribution in [0.5, 0.6) is 0 Å². The Morgan fingerprint density at radius 3 is 2.82 bits per heavy atom. The number of hydrogen-bond donors (Lipinski definition) is 2. The van der Waals surface area contributed by atoms with Gasteiger partial charge in [0.05, 0.1) is 6.04 Å². The van der Waals surface area contributed by atoms with Crippen molar-refractivity contribution >= 4 is 11.8 Å². The molecule has 0 aliphatic carbocycles. The Morgan fingerprint density at radius 2 is 2.24 bits per heavy atom. The lowest BCUT2D eigenvalue weighted by atomic mass is 10.1. The first-order chi connectivity index (χ1) is 8.04. The fourth-order valence-electron chi connectivity index (χ4n) is 2.15. The molecule has 1 saturated heterocycles. The molecule has 0 aromatic rings. The van der Waals surface area contributed by atoms with E-state index in [1.165, 1.54) is 6.92 Å². The van der Waals surface area contributed by atoms with Gasteiger partial charge in [0.25, 0.3) is 0 Å². The molecule has 3 N–H and O–H groups in total. The van der Waals surface area contributed by atoms with Crippen LogP contribution in [0.1, 0.15) is 39.5 Å². The van der Waals surface area contributed by atoms with E-state index < -0.39 is 0 Å². The number of carbonyl (C=O) groups excluding carboxylic acids is 2. The van der Waals surface area contributed by atoms with Crippen LogP contribution in [-0.4, -0.2) is 41.9 Å². The highest BCUT2D eigenvalue weighted by atomic mass is 16.2. The van der Waals surface area contributed by atoms with E-state index in [0.29, 0.717) is 13.1 Å². The fourth-order valence-corrected chi connectivity index (χ4v) is 2.15. The zero-order valence-electron chi connectivity index (χ0n) is 10.7. The number of likely N-dealkylation sites (tertiary alicyclic amines) is 1. The monoisotopic (exact) mass is 241 g/mol. The van der Waals surface area contributed by atoms with Crippen molar-refractivity contribution in [1.82, 2.24) is 10.2 Å². The topological polar surface area (TPSA) is 75.4 Å². The summed E-state index contributed by atoms with van der Waals surface area (Å²) in [7, 11) is 0. The maximum atomic E-state index is 12.0. The van der Waals surface area contributed by atoms with Crippen LogP contribution in [0.2, 0.25) is 0 Å². The standard InChI is InChI=1S/C12H23N3O2/c1-3-4-5-11(13)12(17)15-7-6-10(8-15)14-9(2)16/h10-11H,3-8,13H2,1-2H3,(H,14,16)/t10?,11-/m0/s1. The minimum atomic E-state index is -0.383. The summed E-state index contributed by atoms with van der Waals surface area (Å²) in [6, 6.07) is -0.291. The maximum absolute atomic E-state index is 12.0. The largest absolute Gasteiger partial charge is 0.352 e. The Morgan fingerprint density at radius 1 is 1.53 bits per heavy atom. The molecule has 0 aromatic heterocycles. The van der Waals surface area contributed by atoms with Crippen molar-refractivity contribution in [2.24, 2.45) is 5.73 Å². The third-order valence-electron chi connectivity index (χ3n) is 3.09. The molecule has 0 aromatic carbocycles. The summed E-state index contributed by atoms with van der Waals surface area (Å²) in [5.74, 6) is -0.0223. The number of nitrogens with zero attached hydrogens (tertiary/aromatic N) is 1. The molecule has 0 radical (unpaired) electrons. The second-order valence-electron chi connectivity index (χ2n) is 4.72. The van der Waals surface area contributed by atoms with Crippen molar-refractivity contribution in [3.05, 3.63) is 0 Å². The van der Waals surface area contributed by atoms with E-state index in [0.717, 1.165) is 25.7 Å². The Bertz CT molecular complexity index is 281. The van der Waals surface area contributed by atoms with Crippen LogP contribution < -0.4 is 11.1 Å². The minimum absolute atomic E-state index is 0.0197. The number of hydrogen-bond acceptors (Lipinski definition) is 3. The lowest BCUT2D eigenvalue weighted by molar-refractivity contribution is -0.132. The Hall–Kier alpha value is -1.10. The average Bonchev–Trinajstić information content (AvgIpc) is 2.72. The zero-order chi connectivity index (χ0) is 12.8. The molecule has 0 bridgehead atoms. The second-order valence-corrected chi connectivity index (χ2v) is 4.72. The first-order valence-corrected chi connectivity index (χ1v) is 6.36. The number of rotatable bonds is 5. The van der Waals surface area contributed by atoms with Gasteiger partial charge in [-0.2, -0.15) is 0 Å². The lowest BCUT2D eigenvalue weighted by Gasteiger charge is -2.20. The first-order valence-electron chi connectivity index (χ1n) is 6.36. The van der Waals surface area contributed by atoms with Crippen LogP contribution >= 0.6 is 0 Å². The highest BCUT2D eigenvalue weighted by Gasteiger charge is 2.29. The lowest BCUT2D eigenvalue weighted by Crippen LogP contribution is -2.44. The van der Waals surface area contributed by atoms with Gasteiger partial charge in [0.2, 0.25) is 11.8 Å². The Kier molecular flexibility index (Phi) is 5.41. The van der Waals surface area contributed by atoms with Gasteiger partial charge in [-0.1, -0.05) is 19.8 Å². The summed E-state index contributed by atoms with van der Waals surface area (Å²) in [5, 5.41) is 2.84. The van der Waals surface area contributed by atoms with Crippen molar-refractivity contribution in [3.8, 4) is 0 Å². The molecule has 5 heteroatoms. The summed E-state index contributed by atoms with van der Waals surface area (Å²) < 4.78 is 0. The number of nitrogens with one attached hydrogen (secondary N) is 1. The molecule has 1 aliphatic heterocycles. The maximum Gasteiger partial charge on any atom is 0.239 e. The van der Waals surface area contributed by atoms with Gasteiger partial charge in [-0.3, -0.25) is 9.59 Å². The van der Waals surface area contributed by atoms with Crippen molar-refractivity contribution in [2.45, 2.75) is 51.6 Å². The molecule has 1 unspecified atom stereocenters. The van der Waals surface area contributed by atoms with Crippen LogP contribution in [0.4, 0.5) is 0 Å². The quantitative estimate of drug-likeness (QED) is 0.724. The molecular weight excluding hydrogens is 218 g/mol. The van der Waals surface area contributed by atoms with Crippen molar-refractivity contribution in [3.63, 3.8) is 0 Å². The first kappa shape index (κ1) is 14.0. The van der Waals surface area contributed by atoms with Crippen LogP contribution in [0.15, 0.2) is 0 Å². The minimum Gasteiger partial charge on any atom is -0.352 e. The number of nitrogens with two attached hydrogens (primary N) is 1. The molecular formula is C12H23N3O2. The van der Waals surface area contributed by atoms with Crippen molar-refractivity contribution < 1.29 is 9.59 Å². The van der Waals surface area contributed by atoms with Gasteiger partial charge < -0.3 is 16.0 Å². The zero-order valence-corrected chi connectivity index (χ0v) is 10.7. The van der Waals surface area contributed by atoms with E-state index in [1.54, 1.807) is 4.90 Å². The van der Waals surface area contributed by atoms with E-state index in [1.807, 2.05) is 0 Å². The van der Waals surface area contributed by atoms with Crippen molar-refractivity contribution in [2.75, 3.05) is 13.1 Å². The number of carbonyl (C=O) groups is 2. The summed E-state index contributed by atoms with van der Waals surface area (Å²) >= 11 is 0. The van der Waals surface area contributed by atoms with E-state index in [-0.39, 0.29) is 23.9 Å². The van der Waals surface area contributed by atoms with E-state index >= 15 is 0 Å². The molecule has 2 atom stereocenters. The average molecular weight is 241 g/mol. The predicted molar refractivity (Wildman–Crippen MR) is 66.3 cm³/mol. The third-order valence-corrected chi connectivity index (χ3v) is 3.09. The van der Waals surface area contributed by atoms with Crippen LogP contribution in [0.3, 0.4) is 0 Å². The van der Waals surface area contributed by atoms with E-state index in [2.05, 4.69) is 12.2 Å². The van der Waals surface area contributed by atoms with Crippen LogP contribution in [-0.2, 0) is 9.59 Å². The fraction of sp³-hybridized carbons (Fsp3) is 0.833. The van der Waals surface area contributed by atoms with E-state index in [4.69, 9.17) is 5.73 Å². The molecule has 0 spiro atoms. The van der Waals surface area contributed by atoms with Gasteiger partial charge in [0.15, 0.2) is 0 Å². The molecule has 1 heterocycles. The summed E-state index contributed by atoms with van der Waals surface area (Å²) in [4.78, 5) is 24.6. The SMILES string of the molecule is CCCC[C@H](N)C(=O)N1CCC(NC(C)=O)C1. The molecule has 98 valence electrons. The smallest absolute Gasteiger partial charge is 0.239 e. The Labute approximate surface area is 103 Å². The van der Waals surface area contributed by atoms with Gasteiger partial charge in [-0.25, -0.2) is 0 Å². The predicted octanol–water partition coefficient (Wildman–Crippen LogP) is 0.241. The Balaban J connectivity index is 2.36. The summed E-state index contributed by atoms with van der Waals surface area (Å²) in [6.07, 6.45) is 3.60. The molecule has 17 heavy (non-hydrogen) atoms. The van der Waals surface area contributed by atoms with Crippen LogP contribution in [0, 0.1) is 0 Å². The highest BCUT2D eigenvalue weighted by Crippen LogP contribution is 2.12. The highest BCUT2D eigenvalue weighted by molar-refractivity contribution is 5.82. The van der Waals surface area contributed by atoms with Crippen molar-refractivity contribution in [1.29, 1.82) is 0 Å². The third kappa shape index (κ3) is 4.34. The number of unbranched alkanes of at least 4 members (excludes halogenated alkanes) is 1. The molecule has 1 fully saturated rings. The molecule has 1 aliphatic rings. The molecule has 5 nitrogen and oxygen atoms in total. The molecule has 2 amide bonds. The van der Waals surface area contributed by atoms with Gasteiger partial charge in [0.1, 0.15) is 0 Å². The van der Waals surface area contributed by atoms with Gasteiger partial charge in [0, 0.05) is 26.1 Å². The van der Waals surface area contributed by atoms with Gasteiger partial charge in [-0.15, -0.1) is 0 Å². The molecule has 0 saturated carbocycles. The van der Waals surface area contributed by atoms with Gasteiger partial charge in [-0.05, 0) is 12.8 Å². The van der Waals surface area contributed by atoms with Gasteiger partial charge >= 0.3 is 0 Å². The normalized spacial score (nSPS) is 21.4. The molecule has 1 rings (SSSR count). The summed E-state index contributed by atoms with van der Waals surface area (Å²) in [5.41, 5.74) is 5.85. The summed E-state index contributed by atoms with van der Waals surface area (Å²) in [6.45, 7) is 4.87.